The first kappa shape index (κ1) is 15.5. The highest BCUT2D eigenvalue weighted by atomic mass is 32.2. The molecule has 0 atom stereocenters. The fourth-order valence-corrected chi connectivity index (χ4v) is 5.94. The first-order valence-electron chi connectivity index (χ1n) is 6.08. The van der Waals surface area contributed by atoms with E-state index in [1.807, 2.05) is 23.5 Å². The van der Waals surface area contributed by atoms with Crippen LogP contribution in [0.2, 0.25) is 0 Å². The lowest BCUT2D eigenvalue weighted by Crippen LogP contribution is -2.19. The molecule has 0 aromatic heterocycles. The minimum Gasteiger partial charge on any atom is -0.165 e. The van der Waals surface area contributed by atoms with Gasteiger partial charge in [-0.3, -0.25) is 0 Å². The molecule has 1 saturated carbocycles. The van der Waals surface area contributed by atoms with Crippen LogP contribution in [0.15, 0.2) is 0 Å². The third-order valence-electron chi connectivity index (χ3n) is 2.90. The van der Waals surface area contributed by atoms with E-state index in [2.05, 4.69) is 36.0 Å². The number of hydrogen-bond donors (Lipinski definition) is 0. The Balaban J connectivity index is 2.00. The van der Waals surface area contributed by atoms with Gasteiger partial charge in [-0.2, -0.15) is 47.0 Å². The van der Waals surface area contributed by atoms with Crippen LogP contribution in [-0.2, 0) is 0 Å². The highest BCUT2D eigenvalue weighted by molar-refractivity contribution is 8.03. The number of rotatable bonds is 8. The lowest BCUT2D eigenvalue weighted by atomic mass is 10.00. The maximum absolute atomic E-state index is 2.22. The zero-order valence-electron chi connectivity index (χ0n) is 10.4. The summed E-state index contributed by atoms with van der Waals surface area (Å²) in [4.78, 5) is 0. The smallest absolute Gasteiger partial charge is 0.00481 e. The van der Waals surface area contributed by atoms with Crippen LogP contribution in [0.4, 0.5) is 0 Å². The Morgan fingerprint density at radius 2 is 1.06 bits per heavy atom. The molecule has 0 saturated heterocycles. The quantitative estimate of drug-likeness (QED) is 0.605. The SMILES string of the molecule is CSCCSC1CCC(SCCSC)CC1. The molecule has 16 heavy (non-hydrogen) atoms. The van der Waals surface area contributed by atoms with Gasteiger partial charge in [0.2, 0.25) is 0 Å². The van der Waals surface area contributed by atoms with Crippen LogP contribution in [0.1, 0.15) is 25.7 Å². The van der Waals surface area contributed by atoms with Crippen LogP contribution >= 0.6 is 47.0 Å². The Morgan fingerprint density at radius 1 is 0.688 bits per heavy atom. The van der Waals surface area contributed by atoms with E-state index in [4.69, 9.17) is 0 Å². The van der Waals surface area contributed by atoms with Crippen LogP contribution in [0.25, 0.3) is 0 Å². The van der Waals surface area contributed by atoms with Crippen molar-refractivity contribution in [2.24, 2.45) is 0 Å². The van der Waals surface area contributed by atoms with Crippen LogP contribution in [0.5, 0.6) is 0 Å². The van der Waals surface area contributed by atoms with Crippen molar-refractivity contribution in [1.29, 1.82) is 0 Å². The van der Waals surface area contributed by atoms with Gasteiger partial charge < -0.3 is 0 Å². The topological polar surface area (TPSA) is 0 Å². The Labute approximate surface area is 118 Å². The molecule has 0 aromatic carbocycles. The molecule has 4 heteroatoms. The first-order valence-corrected chi connectivity index (χ1v) is 11.0. The molecular weight excluding hydrogens is 272 g/mol. The van der Waals surface area contributed by atoms with Gasteiger partial charge in [-0.05, 0) is 38.2 Å². The molecule has 1 aliphatic carbocycles. The summed E-state index contributed by atoms with van der Waals surface area (Å²) in [5, 5.41) is 1.95. The molecule has 1 aliphatic rings. The van der Waals surface area contributed by atoms with Crippen molar-refractivity contribution in [3.8, 4) is 0 Å². The van der Waals surface area contributed by atoms with Crippen molar-refractivity contribution in [1.82, 2.24) is 0 Å². The summed E-state index contributed by atoms with van der Waals surface area (Å²) in [6.45, 7) is 0. The molecule has 96 valence electrons. The molecule has 0 spiro atoms. The molecule has 0 unspecified atom stereocenters. The van der Waals surface area contributed by atoms with Gasteiger partial charge in [0.15, 0.2) is 0 Å². The van der Waals surface area contributed by atoms with E-state index in [0.29, 0.717) is 0 Å². The molecule has 0 N–H and O–H groups in total. The van der Waals surface area contributed by atoms with E-state index in [1.165, 1.54) is 48.7 Å². The monoisotopic (exact) mass is 296 g/mol. The Kier molecular flexibility index (Phi) is 9.98. The molecule has 0 bridgehead atoms. The van der Waals surface area contributed by atoms with Gasteiger partial charge in [0.1, 0.15) is 0 Å². The summed E-state index contributed by atoms with van der Waals surface area (Å²) in [5.74, 6) is 5.37. The fourth-order valence-electron chi connectivity index (χ4n) is 1.96. The summed E-state index contributed by atoms with van der Waals surface area (Å²) in [7, 11) is 0. The second-order valence-electron chi connectivity index (χ2n) is 4.13. The van der Waals surface area contributed by atoms with E-state index >= 15 is 0 Å². The normalized spacial score (nSPS) is 25.9. The van der Waals surface area contributed by atoms with Crippen LogP contribution in [0, 0.1) is 0 Å². The summed E-state index contributed by atoms with van der Waals surface area (Å²) in [6, 6.07) is 0. The van der Waals surface area contributed by atoms with Crippen molar-refractivity contribution in [3.63, 3.8) is 0 Å². The van der Waals surface area contributed by atoms with Crippen LogP contribution in [-0.4, -0.2) is 46.0 Å². The Hall–Kier alpha value is 1.40. The molecule has 1 rings (SSSR count). The second kappa shape index (κ2) is 10.3. The summed E-state index contributed by atoms with van der Waals surface area (Å²) >= 11 is 8.39. The molecule has 0 heterocycles. The average Bonchev–Trinajstić information content (AvgIpc) is 2.32. The largest absolute Gasteiger partial charge is 0.165 e. The standard InChI is InChI=1S/C12H24S4/c1-13-7-9-15-11-3-5-12(6-4-11)16-10-8-14-2/h11-12H,3-10H2,1-2H3. The molecule has 0 amide bonds. The second-order valence-corrected chi connectivity index (χ2v) is 8.91. The van der Waals surface area contributed by atoms with Gasteiger partial charge >= 0.3 is 0 Å². The van der Waals surface area contributed by atoms with Crippen LogP contribution in [0.3, 0.4) is 0 Å². The highest BCUT2D eigenvalue weighted by Gasteiger charge is 2.21. The van der Waals surface area contributed by atoms with Crippen molar-refractivity contribution >= 4 is 47.0 Å². The maximum Gasteiger partial charge on any atom is 0.00481 e. The summed E-state index contributed by atoms with van der Waals surface area (Å²) in [6.07, 6.45) is 10.3. The maximum atomic E-state index is 2.22. The highest BCUT2D eigenvalue weighted by Crippen LogP contribution is 2.34. The van der Waals surface area contributed by atoms with Crippen LogP contribution < -0.4 is 0 Å². The molecule has 0 nitrogen and oxygen atoms in total. The third-order valence-corrected chi connectivity index (χ3v) is 7.41. The minimum absolute atomic E-state index is 0.976. The Bertz CT molecular complexity index is 137. The van der Waals surface area contributed by atoms with Gasteiger partial charge in [0.25, 0.3) is 0 Å². The van der Waals surface area contributed by atoms with Gasteiger partial charge in [0, 0.05) is 33.5 Å². The summed E-state index contributed by atoms with van der Waals surface area (Å²) < 4.78 is 0. The van der Waals surface area contributed by atoms with E-state index in [1.54, 1.807) is 0 Å². The zero-order chi connectivity index (χ0) is 11.6. The number of hydrogen-bond acceptors (Lipinski definition) is 4. The van der Waals surface area contributed by atoms with E-state index in [9.17, 15) is 0 Å². The molecule has 0 aromatic rings. The number of thioether (sulfide) groups is 4. The predicted octanol–water partition coefficient (Wildman–Crippen LogP) is 4.49. The van der Waals surface area contributed by atoms with E-state index in [-0.39, 0.29) is 0 Å². The van der Waals surface area contributed by atoms with Gasteiger partial charge in [-0.15, -0.1) is 0 Å². The molecule has 0 radical (unpaired) electrons. The van der Waals surface area contributed by atoms with E-state index in [0.717, 1.165) is 10.5 Å². The van der Waals surface area contributed by atoms with Crippen molar-refractivity contribution < 1.29 is 0 Å². The van der Waals surface area contributed by atoms with Gasteiger partial charge in [-0.1, -0.05) is 0 Å². The minimum atomic E-state index is 0.976. The first-order chi connectivity index (χ1) is 7.86. The lowest BCUT2D eigenvalue weighted by Gasteiger charge is -2.27. The average molecular weight is 297 g/mol. The fraction of sp³-hybridized carbons (Fsp3) is 1.00. The molecule has 0 aliphatic heterocycles. The zero-order valence-corrected chi connectivity index (χ0v) is 13.7. The van der Waals surface area contributed by atoms with E-state index < -0.39 is 0 Å². The molecular formula is C12H24S4. The van der Waals surface area contributed by atoms with Gasteiger partial charge in [0.05, 0.1) is 0 Å². The van der Waals surface area contributed by atoms with Gasteiger partial charge in [-0.25, -0.2) is 0 Å². The summed E-state index contributed by atoms with van der Waals surface area (Å²) in [5.41, 5.74) is 0. The third kappa shape index (κ3) is 6.97. The van der Waals surface area contributed by atoms with Crippen molar-refractivity contribution in [2.45, 2.75) is 36.2 Å². The van der Waals surface area contributed by atoms with Crippen molar-refractivity contribution in [2.75, 3.05) is 35.5 Å². The van der Waals surface area contributed by atoms with Crippen molar-refractivity contribution in [3.05, 3.63) is 0 Å². The Morgan fingerprint density at radius 3 is 1.38 bits per heavy atom. The molecule has 1 fully saturated rings. The lowest BCUT2D eigenvalue weighted by molar-refractivity contribution is 0.528. The predicted molar refractivity (Wildman–Crippen MR) is 87.7 cm³/mol.